The van der Waals surface area contributed by atoms with Crippen molar-refractivity contribution in [1.29, 1.82) is 0 Å². The van der Waals surface area contributed by atoms with E-state index in [1.165, 1.54) is 5.56 Å². The van der Waals surface area contributed by atoms with Crippen LogP contribution in [0.3, 0.4) is 0 Å². The molecule has 4 nitrogen and oxygen atoms in total. The molecule has 0 bridgehead atoms. The molecule has 1 N–H and O–H groups in total. The number of carbonyl (C=O) groups is 1. The summed E-state index contributed by atoms with van der Waals surface area (Å²) in [5.74, 6) is 1.17. The molecule has 1 aromatic carbocycles. The lowest BCUT2D eigenvalue weighted by atomic mass is 10.1. The van der Waals surface area contributed by atoms with Gasteiger partial charge in [0.15, 0.2) is 0 Å². The Balaban J connectivity index is 0.00000264. The molecule has 0 saturated carbocycles. The Bertz CT molecular complexity index is 459. The summed E-state index contributed by atoms with van der Waals surface area (Å²) in [6.07, 6.45) is 3.48. The molecule has 1 unspecified atom stereocenters. The van der Waals surface area contributed by atoms with Crippen LogP contribution >= 0.6 is 12.4 Å². The number of ether oxygens (including phenoxy) is 1. The Morgan fingerprint density at radius 3 is 2.61 bits per heavy atom. The zero-order chi connectivity index (χ0) is 15.8. The lowest BCUT2D eigenvalue weighted by Crippen LogP contribution is -2.42. The van der Waals surface area contributed by atoms with Crippen LogP contribution in [-0.2, 0) is 11.2 Å². The van der Waals surface area contributed by atoms with E-state index in [0.717, 1.165) is 44.6 Å². The van der Waals surface area contributed by atoms with Crippen LogP contribution in [0.5, 0.6) is 5.75 Å². The molecule has 0 aromatic heterocycles. The SMILES string of the molecule is CCCN(C(=O)CCc1ccc(OCC)cc1)C1CCNC1.Cl. The first kappa shape index (κ1) is 19.8. The normalized spacial score (nSPS) is 16.7. The second kappa shape index (κ2) is 10.5. The van der Waals surface area contributed by atoms with Gasteiger partial charge in [0, 0.05) is 25.6 Å². The number of halogens is 1. The van der Waals surface area contributed by atoms with E-state index < -0.39 is 0 Å². The maximum atomic E-state index is 12.5. The highest BCUT2D eigenvalue weighted by molar-refractivity contribution is 5.85. The molecule has 0 spiro atoms. The summed E-state index contributed by atoms with van der Waals surface area (Å²) in [5, 5.41) is 3.35. The minimum atomic E-state index is 0. The van der Waals surface area contributed by atoms with Crippen LogP contribution in [0, 0.1) is 0 Å². The number of amides is 1. The van der Waals surface area contributed by atoms with Gasteiger partial charge >= 0.3 is 0 Å². The molecule has 130 valence electrons. The van der Waals surface area contributed by atoms with E-state index in [-0.39, 0.29) is 18.3 Å². The smallest absolute Gasteiger partial charge is 0.223 e. The molecule has 1 heterocycles. The fourth-order valence-electron chi connectivity index (χ4n) is 2.97. The summed E-state index contributed by atoms with van der Waals surface area (Å²) in [4.78, 5) is 14.6. The lowest BCUT2D eigenvalue weighted by molar-refractivity contribution is -0.133. The molecule has 0 radical (unpaired) electrons. The van der Waals surface area contributed by atoms with E-state index in [0.29, 0.717) is 19.1 Å². The first-order valence-electron chi connectivity index (χ1n) is 8.46. The van der Waals surface area contributed by atoms with Gasteiger partial charge in [0.1, 0.15) is 5.75 Å². The van der Waals surface area contributed by atoms with Crippen LogP contribution in [0.25, 0.3) is 0 Å². The van der Waals surface area contributed by atoms with Crippen molar-refractivity contribution in [1.82, 2.24) is 10.2 Å². The van der Waals surface area contributed by atoms with Gasteiger partial charge in [-0.15, -0.1) is 12.4 Å². The summed E-state index contributed by atoms with van der Waals surface area (Å²) in [6, 6.07) is 8.45. The standard InChI is InChI=1S/C18H28N2O2.ClH/c1-3-13-20(16-11-12-19-14-16)18(21)10-7-15-5-8-17(9-6-15)22-4-2;/h5-6,8-9,16,19H,3-4,7,10-14H2,1-2H3;1H. The lowest BCUT2D eigenvalue weighted by Gasteiger charge is -2.28. The molecular weight excluding hydrogens is 312 g/mol. The van der Waals surface area contributed by atoms with E-state index in [4.69, 9.17) is 4.74 Å². The number of nitrogens with one attached hydrogen (secondary N) is 1. The largest absolute Gasteiger partial charge is 0.494 e. The van der Waals surface area contributed by atoms with Crippen molar-refractivity contribution in [2.45, 2.75) is 45.6 Å². The Labute approximate surface area is 146 Å². The van der Waals surface area contributed by atoms with Crippen molar-refractivity contribution in [3.63, 3.8) is 0 Å². The molecule has 0 aliphatic carbocycles. The van der Waals surface area contributed by atoms with Crippen molar-refractivity contribution in [3.8, 4) is 5.75 Å². The summed E-state index contributed by atoms with van der Waals surface area (Å²) >= 11 is 0. The maximum absolute atomic E-state index is 12.5. The fraction of sp³-hybridized carbons (Fsp3) is 0.611. The summed E-state index contributed by atoms with van der Waals surface area (Å²) < 4.78 is 5.44. The van der Waals surface area contributed by atoms with Crippen LogP contribution in [0.4, 0.5) is 0 Å². The highest BCUT2D eigenvalue weighted by Gasteiger charge is 2.25. The van der Waals surface area contributed by atoms with Gasteiger partial charge in [-0.1, -0.05) is 19.1 Å². The number of hydrogen-bond donors (Lipinski definition) is 1. The van der Waals surface area contributed by atoms with Crippen molar-refractivity contribution >= 4 is 18.3 Å². The molecule has 1 amide bonds. The summed E-state index contributed by atoms with van der Waals surface area (Å²) in [5.41, 5.74) is 1.19. The maximum Gasteiger partial charge on any atom is 0.223 e. The molecule has 2 rings (SSSR count). The number of benzene rings is 1. The van der Waals surface area contributed by atoms with Gasteiger partial charge in [-0.05, 0) is 50.4 Å². The van der Waals surface area contributed by atoms with Gasteiger partial charge < -0.3 is 15.0 Å². The monoisotopic (exact) mass is 340 g/mol. The van der Waals surface area contributed by atoms with Crippen molar-refractivity contribution in [2.24, 2.45) is 0 Å². The first-order valence-corrected chi connectivity index (χ1v) is 8.46. The number of aryl methyl sites for hydroxylation is 1. The summed E-state index contributed by atoms with van der Waals surface area (Å²) in [6.45, 7) is 7.63. The number of hydrogen-bond acceptors (Lipinski definition) is 3. The third-order valence-electron chi connectivity index (χ3n) is 4.12. The molecule has 1 saturated heterocycles. The van der Waals surface area contributed by atoms with E-state index in [2.05, 4.69) is 29.3 Å². The predicted octanol–water partition coefficient (Wildman–Crippen LogP) is 3.04. The van der Waals surface area contributed by atoms with Gasteiger partial charge in [-0.3, -0.25) is 4.79 Å². The second-order valence-electron chi connectivity index (χ2n) is 5.81. The van der Waals surface area contributed by atoms with Gasteiger partial charge in [-0.2, -0.15) is 0 Å². The number of carbonyl (C=O) groups excluding carboxylic acids is 1. The summed E-state index contributed by atoms with van der Waals surface area (Å²) in [7, 11) is 0. The zero-order valence-electron chi connectivity index (χ0n) is 14.2. The van der Waals surface area contributed by atoms with Crippen LogP contribution < -0.4 is 10.1 Å². The molecule has 23 heavy (non-hydrogen) atoms. The molecule has 1 atom stereocenters. The zero-order valence-corrected chi connectivity index (χ0v) is 15.0. The first-order chi connectivity index (χ1) is 10.7. The van der Waals surface area contributed by atoms with Gasteiger partial charge in [-0.25, -0.2) is 0 Å². The van der Waals surface area contributed by atoms with Crippen molar-refractivity contribution < 1.29 is 9.53 Å². The minimum absolute atomic E-state index is 0. The average Bonchev–Trinajstić information content (AvgIpc) is 3.06. The second-order valence-corrected chi connectivity index (χ2v) is 5.81. The Kier molecular flexibility index (Phi) is 9.03. The van der Waals surface area contributed by atoms with Crippen LogP contribution in [-0.4, -0.2) is 43.1 Å². The van der Waals surface area contributed by atoms with E-state index in [1.54, 1.807) is 0 Å². The Morgan fingerprint density at radius 2 is 2.04 bits per heavy atom. The highest BCUT2D eigenvalue weighted by Crippen LogP contribution is 2.15. The van der Waals surface area contributed by atoms with Crippen LogP contribution in [0.2, 0.25) is 0 Å². The van der Waals surface area contributed by atoms with E-state index >= 15 is 0 Å². The predicted molar refractivity (Wildman–Crippen MR) is 96.5 cm³/mol. The van der Waals surface area contributed by atoms with E-state index in [9.17, 15) is 4.79 Å². The third kappa shape index (κ3) is 6.04. The molecular formula is C18H29ClN2O2. The van der Waals surface area contributed by atoms with E-state index in [1.807, 2.05) is 19.1 Å². The average molecular weight is 341 g/mol. The van der Waals surface area contributed by atoms with Gasteiger partial charge in [0.05, 0.1) is 6.61 Å². The molecule has 5 heteroatoms. The molecule has 1 fully saturated rings. The number of nitrogens with zero attached hydrogens (tertiary/aromatic N) is 1. The van der Waals surface area contributed by atoms with Crippen LogP contribution in [0.1, 0.15) is 38.7 Å². The topological polar surface area (TPSA) is 41.6 Å². The Morgan fingerprint density at radius 1 is 1.30 bits per heavy atom. The minimum Gasteiger partial charge on any atom is -0.494 e. The van der Waals surface area contributed by atoms with Crippen molar-refractivity contribution in [2.75, 3.05) is 26.2 Å². The van der Waals surface area contributed by atoms with Crippen molar-refractivity contribution in [3.05, 3.63) is 29.8 Å². The quantitative estimate of drug-likeness (QED) is 0.790. The Hall–Kier alpha value is -1.26. The van der Waals surface area contributed by atoms with Gasteiger partial charge in [0.2, 0.25) is 5.91 Å². The van der Waals surface area contributed by atoms with Crippen LogP contribution in [0.15, 0.2) is 24.3 Å². The highest BCUT2D eigenvalue weighted by atomic mass is 35.5. The molecule has 1 aliphatic heterocycles. The molecule has 1 aromatic rings. The number of rotatable bonds is 8. The molecule has 1 aliphatic rings. The van der Waals surface area contributed by atoms with Gasteiger partial charge in [0.25, 0.3) is 0 Å². The fourth-order valence-corrected chi connectivity index (χ4v) is 2.97. The third-order valence-corrected chi connectivity index (χ3v) is 4.12.